The first-order valence-electron chi connectivity index (χ1n) is 6.77. The van der Waals surface area contributed by atoms with Gasteiger partial charge in [-0.05, 0) is 24.6 Å². The van der Waals surface area contributed by atoms with Gasteiger partial charge < -0.3 is 9.84 Å². The van der Waals surface area contributed by atoms with Crippen LogP contribution in [0, 0.1) is 6.92 Å². The number of aliphatic hydroxyl groups excluding tert-OH is 1. The van der Waals surface area contributed by atoms with E-state index in [4.69, 9.17) is 4.74 Å². The largest absolute Gasteiger partial charge is 0.364 e. The molecule has 1 heterocycles. The Labute approximate surface area is 129 Å². The summed E-state index contributed by atoms with van der Waals surface area (Å²) < 4.78 is 33.4. The summed E-state index contributed by atoms with van der Waals surface area (Å²) in [5, 5.41) is 9.80. The molecule has 2 unspecified atom stereocenters. The third-order valence-corrected chi connectivity index (χ3v) is 4.77. The van der Waals surface area contributed by atoms with Crippen molar-refractivity contribution in [2.75, 3.05) is 0 Å². The molecule has 0 bridgehead atoms. The molecular formula is C16H15NO4S. The van der Waals surface area contributed by atoms with Crippen LogP contribution in [-0.2, 0) is 14.8 Å². The van der Waals surface area contributed by atoms with E-state index in [2.05, 4.69) is 4.40 Å². The average Bonchev–Trinajstić information content (AvgIpc) is 2.83. The minimum absolute atomic E-state index is 0.126. The predicted octanol–water partition coefficient (Wildman–Crippen LogP) is 2.52. The van der Waals surface area contributed by atoms with E-state index in [1.807, 2.05) is 6.92 Å². The fraction of sp³-hybridized carbons (Fsp3) is 0.188. The third kappa shape index (κ3) is 2.81. The minimum atomic E-state index is -3.78. The highest BCUT2D eigenvalue weighted by Crippen LogP contribution is 2.36. The molecule has 0 radical (unpaired) electrons. The zero-order valence-corrected chi connectivity index (χ0v) is 12.7. The van der Waals surface area contributed by atoms with Gasteiger partial charge in [-0.25, -0.2) is 0 Å². The second kappa shape index (κ2) is 5.64. The monoisotopic (exact) mass is 317 g/mol. The van der Waals surface area contributed by atoms with Crippen molar-refractivity contribution in [3.8, 4) is 0 Å². The lowest BCUT2D eigenvalue weighted by Gasteiger charge is -2.05. The van der Waals surface area contributed by atoms with Crippen LogP contribution in [0.25, 0.3) is 0 Å². The summed E-state index contributed by atoms with van der Waals surface area (Å²) in [5.74, 6) is 0. The van der Waals surface area contributed by atoms with Crippen molar-refractivity contribution in [2.24, 2.45) is 4.40 Å². The number of hydrogen-bond acceptors (Lipinski definition) is 4. The smallest absolute Gasteiger partial charge is 0.282 e. The van der Waals surface area contributed by atoms with Gasteiger partial charge >= 0.3 is 0 Å². The first-order valence-corrected chi connectivity index (χ1v) is 8.21. The molecule has 1 aliphatic rings. The molecule has 1 N–H and O–H groups in total. The number of ether oxygens (including phenoxy) is 1. The Bertz CT molecular complexity index is 812. The van der Waals surface area contributed by atoms with Crippen molar-refractivity contribution < 1.29 is 18.3 Å². The molecule has 22 heavy (non-hydrogen) atoms. The number of sulfonamides is 1. The molecule has 5 nitrogen and oxygen atoms in total. The summed E-state index contributed by atoms with van der Waals surface area (Å²) in [7, 11) is -3.78. The molecule has 2 aromatic rings. The lowest BCUT2D eigenvalue weighted by atomic mass is 10.1. The molecule has 0 spiro atoms. The number of fused-ring (bicyclic) bond motifs is 1. The van der Waals surface area contributed by atoms with Crippen molar-refractivity contribution in [3.05, 3.63) is 65.2 Å². The van der Waals surface area contributed by atoms with Crippen LogP contribution in [0.1, 0.15) is 29.1 Å². The van der Waals surface area contributed by atoms with Crippen LogP contribution in [0.15, 0.2) is 57.8 Å². The summed E-state index contributed by atoms with van der Waals surface area (Å²) in [5.41, 5.74) is 2.32. The summed E-state index contributed by atoms with van der Waals surface area (Å²) in [4.78, 5) is 0.126. The molecule has 0 saturated carbocycles. The van der Waals surface area contributed by atoms with Crippen LogP contribution < -0.4 is 0 Å². The molecule has 6 heteroatoms. The summed E-state index contributed by atoms with van der Waals surface area (Å²) in [6.45, 7) is 1.88. The fourth-order valence-electron chi connectivity index (χ4n) is 2.30. The van der Waals surface area contributed by atoms with Gasteiger partial charge in [-0.2, -0.15) is 12.8 Å². The Hall–Kier alpha value is -2.02. The van der Waals surface area contributed by atoms with Gasteiger partial charge in [0.25, 0.3) is 10.0 Å². The normalized spacial score (nSPS) is 21.2. The van der Waals surface area contributed by atoms with Gasteiger partial charge in [0.15, 0.2) is 6.29 Å². The lowest BCUT2D eigenvalue weighted by molar-refractivity contribution is -0.0998. The van der Waals surface area contributed by atoms with Gasteiger partial charge in [0.05, 0.1) is 11.1 Å². The van der Waals surface area contributed by atoms with Crippen molar-refractivity contribution in [1.29, 1.82) is 0 Å². The summed E-state index contributed by atoms with van der Waals surface area (Å²) >= 11 is 0. The van der Waals surface area contributed by atoms with Gasteiger partial charge in [-0.15, -0.1) is 0 Å². The quantitative estimate of drug-likeness (QED) is 0.883. The number of hydrogen-bond donors (Lipinski definition) is 1. The number of benzene rings is 2. The summed E-state index contributed by atoms with van der Waals surface area (Å²) in [6, 6.07) is 13.6. The first kappa shape index (κ1) is 14.9. The molecule has 0 aromatic heterocycles. The molecular weight excluding hydrogens is 302 g/mol. The zero-order chi connectivity index (χ0) is 15.7. The van der Waals surface area contributed by atoms with Crippen molar-refractivity contribution in [1.82, 2.24) is 0 Å². The number of aryl methyl sites for hydroxylation is 1. The Morgan fingerprint density at radius 1 is 1.09 bits per heavy atom. The van der Waals surface area contributed by atoms with E-state index < -0.39 is 22.4 Å². The third-order valence-electron chi connectivity index (χ3n) is 3.50. The lowest BCUT2D eigenvalue weighted by Crippen LogP contribution is -2.03. The molecule has 114 valence electrons. The van der Waals surface area contributed by atoms with Crippen molar-refractivity contribution >= 4 is 16.2 Å². The number of aliphatic hydroxyl groups is 1. The highest BCUT2D eigenvalue weighted by molar-refractivity contribution is 7.90. The maximum absolute atomic E-state index is 12.2. The van der Waals surface area contributed by atoms with Gasteiger partial charge in [0.2, 0.25) is 0 Å². The topological polar surface area (TPSA) is 76.0 Å². The molecule has 0 saturated heterocycles. The molecule has 3 rings (SSSR count). The van der Waals surface area contributed by atoms with Gasteiger partial charge in [0, 0.05) is 5.56 Å². The number of nitrogens with zero attached hydrogens (tertiary/aromatic N) is 1. The Kier molecular flexibility index (Phi) is 3.82. The minimum Gasteiger partial charge on any atom is -0.364 e. The fourth-order valence-corrected chi connectivity index (χ4v) is 3.17. The van der Waals surface area contributed by atoms with E-state index in [9.17, 15) is 13.5 Å². The Morgan fingerprint density at radius 2 is 1.73 bits per heavy atom. The second-order valence-electron chi connectivity index (χ2n) is 5.08. The Morgan fingerprint density at radius 3 is 2.41 bits per heavy atom. The zero-order valence-electron chi connectivity index (χ0n) is 11.9. The van der Waals surface area contributed by atoms with Crippen molar-refractivity contribution in [3.63, 3.8) is 0 Å². The van der Waals surface area contributed by atoms with Crippen LogP contribution in [0.3, 0.4) is 0 Å². The summed E-state index contributed by atoms with van der Waals surface area (Å²) in [6.07, 6.45) is -0.523. The van der Waals surface area contributed by atoms with E-state index >= 15 is 0 Å². The standard InChI is InChI=1S/C16H15NO4S/c1-11-6-8-12(9-7-11)22(19,20)17-10-15-13-4-2-3-5-14(13)16(18)21-15/h2-10,15-16,18H,1H3/b17-10-. The van der Waals surface area contributed by atoms with Crippen LogP contribution in [0.2, 0.25) is 0 Å². The molecule has 0 amide bonds. The maximum atomic E-state index is 12.2. The van der Waals surface area contributed by atoms with E-state index in [0.29, 0.717) is 5.56 Å². The SMILES string of the molecule is Cc1ccc(S(=O)(=O)/N=C\C2OC(O)c3ccccc32)cc1. The molecule has 0 fully saturated rings. The number of rotatable bonds is 3. The molecule has 1 aliphatic heterocycles. The van der Waals surface area contributed by atoms with Gasteiger partial charge in [-0.3, -0.25) is 0 Å². The van der Waals surface area contributed by atoms with Crippen LogP contribution in [0.4, 0.5) is 0 Å². The van der Waals surface area contributed by atoms with E-state index in [1.165, 1.54) is 18.3 Å². The van der Waals surface area contributed by atoms with E-state index in [0.717, 1.165) is 11.1 Å². The highest BCUT2D eigenvalue weighted by Gasteiger charge is 2.29. The van der Waals surface area contributed by atoms with Gasteiger partial charge in [0.1, 0.15) is 6.10 Å². The van der Waals surface area contributed by atoms with Gasteiger partial charge in [-0.1, -0.05) is 42.0 Å². The molecule has 0 aliphatic carbocycles. The van der Waals surface area contributed by atoms with Crippen LogP contribution >= 0.6 is 0 Å². The molecule has 2 aromatic carbocycles. The van der Waals surface area contributed by atoms with E-state index in [1.54, 1.807) is 36.4 Å². The highest BCUT2D eigenvalue weighted by atomic mass is 32.2. The van der Waals surface area contributed by atoms with Crippen molar-refractivity contribution in [2.45, 2.75) is 24.2 Å². The maximum Gasteiger partial charge on any atom is 0.282 e. The first-order chi connectivity index (χ1) is 10.5. The average molecular weight is 317 g/mol. The van der Waals surface area contributed by atoms with Crippen LogP contribution in [-0.4, -0.2) is 19.7 Å². The van der Waals surface area contributed by atoms with Crippen LogP contribution in [0.5, 0.6) is 0 Å². The second-order valence-corrected chi connectivity index (χ2v) is 6.71. The predicted molar refractivity (Wildman–Crippen MR) is 82.1 cm³/mol. The molecule has 2 atom stereocenters. The van der Waals surface area contributed by atoms with E-state index in [-0.39, 0.29) is 4.90 Å². The Balaban J connectivity index is 1.87.